The maximum atomic E-state index is 4.56. The van der Waals surface area contributed by atoms with Gasteiger partial charge in [0.05, 0.1) is 11.7 Å². The van der Waals surface area contributed by atoms with Crippen molar-refractivity contribution >= 4 is 0 Å². The van der Waals surface area contributed by atoms with Crippen molar-refractivity contribution in [3.63, 3.8) is 0 Å². The predicted molar refractivity (Wildman–Crippen MR) is 72.4 cm³/mol. The lowest BCUT2D eigenvalue weighted by Gasteiger charge is -2.17. The number of pyridine rings is 1. The molecule has 0 saturated heterocycles. The standard InChI is InChI=1S/C14H20N4/c1-10-7-11(2)14(17-9-10)12(15-3)8-13-16-5-6-18(13)4/h5-7,9,12,15H,8H2,1-4H3. The van der Waals surface area contributed by atoms with Crippen LogP contribution in [0.5, 0.6) is 0 Å². The van der Waals surface area contributed by atoms with Crippen molar-refractivity contribution < 1.29 is 0 Å². The monoisotopic (exact) mass is 244 g/mol. The highest BCUT2D eigenvalue weighted by atomic mass is 15.0. The maximum absolute atomic E-state index is 4.56. The molecule has 2 heterocycles. The summed E-state index contributed by atoms with van der Waals surface area (Å²) in [5.41, 5.74) is 3.53. The molecule has 0 aliphatic heterocycles. The van der Waals surface area contributed by atoms with Gasteiger partial charge in [-0.1, -0.05) is 6.07 Å². The van der Waals surface area contributed by atoms with E-state index in [9.17, 15) is 0 Å². The van der Waals surface area contributed by atoms with E-state index in [4.69, 9.17) is 0 Å². The molecule has 0 aromatic carbocycles. The third-order valence-corrected chi connectivity index (χ3v) is 3.24. The Labute approximate surface area is 108 Å². The SMILES string of the molecule is CNC(Cc1nccn1C)c1ncc(C)cc1C. The fourth-order valence-corrected chi connectivity index (χ4v) is 2.20. The van der Waals surface area contributed by atoms with Crippen molar-refractivity contribution in [2.45, 2.75) is 26.3 Å². The van der Waals surface area contributed by atoms with Gasteiger partial charge < -0.3 is 9.88 Å². The molecule has 4 nitrogen and oxygen atoms in total. The van der Waals surface area contributed by atoms with Gasteiger partial charge in [0.2, 0.25) is 0 Å². The van der Waals surface area contributed by atoms with Gasteiger partial charge in [0, 0.05) is 32.1 Å². The lowest BCUT2D eigenvalue weighted by molar-refractivity contribution is 0.547. The molecule has 0 fully saturated rings. The number of rotatable bonds is 4. The molecule has 1 unspecified atom stereocenters. The highest BCUT2D eigenvalue weighted by Gasteiger charge is 2.16. The van der Waals surface area contributed by atoms with Gasteiger partial charge in [0.25, 0.3) is 0 Å². The first kappa shape index (κ1) is 12.8. The summed E-state index contributed by atoms with van der Waals surface area (Å²) >= 11 is 0. The average Bonchev–Trinajstić information content (AvgIpc) is 2.73. The summed E-state index contributed by atoms with van der Waals surface area (Å²) in [6.07, 6.45) is 6.57. The Morgan fingerprint density at radius 3 is 2.67 bits per heavy atom. The zero-order valence-electron chi connectivity index (χ0n) is 11.4. The van der Waals surface area contributed by atoms with Crippen molar-refractivity contribution in [2.24, 2.45) is 7.05 Å². The Bertz CT molecular complexity index is 530. The van der Waals surface area contributed by atoms with Gasteiger partial charge in [-0.3, -0.25) is 4.98 Å². The van der Waals surface area contributed by atoms with Crippen LogP contribution in [0.1, 0.15) is 28.7 Å². The Morgan fingerprint density at radius 2 is 2.11 bits per heavy atom. The average molecular weight is 244 g/mol. The lowest BCUT2D eigenvalue weighted by Crippen LogP contribution is -2.22. The second kappa shape index (κ2) is 5.31. The molecule has 0 radical (unpaired) electrons. The van der Waals surface area contributed by atoms with Crippen LogP contribution in [-0.4, -0.2) is 21.6 Å². The number of likely N-dealkylation sites (N-methyl/N-ethyl adjacent to an activating group) is 1. The zero-order valence-corrected chi connectivity index (χ0v) is 11.4. The van der Waals surface area contributed by atoms with E-state index >= 15 is 0 Å². The van der Waals surface area contributed by atoms with Crippen LogP contribution >= 0.6 is 0 Å². The molecule has 18 heavy (non-hydrogen) atoms. The predicted octanol–water partition coefficient (Wildman–Crippen LogP) is 1.94. The van der Waals surface area contributed by atoms with Gasteiger partial charge in [-0.15, -0.1) is 0 Å². The van der Waals surface area contributed by atoms with Gasteiger partial charge in [0.1, 0.15) is 5.82 Å². The van der Waals surface area contributed by atoms with E-state index in [1.807, 2.05) is 37.3 Å². The van der Waals surface area contributed by atoms with Crippen molar-refractivity contribution in [1.82, 2.24) is 19.9 Å². The summed E-state index contributed by atoms with van der Waals surface area (Å²) in [6, 6.07) is 2.37. The molecule has 96 valence electrons. The number of hydrogen-bond acceptors (Lipinski definition) is 3. The van der Waals surface area contributed by atoms with Crippen LogP contribution < -0.4 is 5.32 Å². The molecule has 2 rings (SSSR count). The highest BCUT2D eigenvalue weighted by Crippen LogP contribution is 2.19. The van der Waals surface area contributed by atoms with Crippen LogP contribution in [-0.2, 0) is 13.5 Å². The molecule has 4 heteroatoms. The van der Waals surface area contributed by atoms with E-state index < -0.39 is 0 Å². The fourth-order valence-electron chi connectivity index (χ4n) is 2.20. The largest absolute Gasteiger partial charge is 0.338 e. The second-order valence-electron chi connectivity index (χ2n) is 4.71. The summed E-state index contributed by atoms with van der Waals surface area (Å²) in [6.45, 7) is 4.18. The molecule has 0 saturated carbocycles. The number of nitrogens with one attached hydrogen (secondary N) is 1. The molecule has 1 atom stereocenters. The topological polar surface area (TPSA) is 42.7 Å². The minimum Gasteiger partial charge on any atom is -0.338 e. The normalized spacial score (nSPS) is 12.7. The van der Waals surface area contributed by atoms with Crippen LogP contribution in [0.25, 0.3) is 0 Å². The molecule has 0 spiro atoms. The molecule has 2 aromatic heterocycles. The minimum atomic E-state index is 0.201. The minimum absolute atomic E-state index is 0.201. The highest BCUT2D eigenvalue weighted by molar-refractivity contribution is 5.26. The summed E-state index contributed by atoms with van der Waals surface area (Å²) in [5, 5.41) is 3.33. The third kappa shape index (κ3) is 2.59. The number of imidazole rings is 1. The van der Waals surface area contributed by atoms with Gasteiger partial charge >= 0.3 is 0 Å². The Morgan fingerprint density at radius 1 is 1.33 bits per heavy atom. The van der Waals surface area contributed by atoms with Gasteiger partial charge in [-0.2, -0.15) is 0 Å². The van der Waals surface area contributed by atoms with E-state index in [0.29, 0.717) is 0 Å². The molecule has 2 aromatic rings. The first-order valence-corrected chi connectivity index (χ1v) is 6.18. The van der Waals surface area contributed by atoms with Crippen molar-refractivity contribution in [3.05, 3.63) is 47.3 Å². The summed E-state index contributed by atoms with van der Waals surface area (Å²) in [7, 11) is 3.99. The lowest BCUT2D eigenvalue weighted by atomic mass is 10.0. The first-order chi connectivity index (χ1) is 8.61. The molecule has 0 bridgehead atoms. The van der Waals surface area contributed by atoms with Crippen LogP contribution in [0.4, 0.5) is 0 Å². The van der Waals surface area contributed by atoms with Gasteiger partial charge in [-0.25, -0.2) is 4.98 Å². The second-order valence-corrected chi connectivity index (χ2v) is 4.71. The molecule has 1 N–H and O–H groups in total. The molecule has 0 amide bonds. The van der Waals surface area contributed by atoms with Gasteiger partial charge in [0.15, 0.2) is 0 Å². The molecular formula is C14H20N4. The van der Waals surface area contributed by atoms with Gasteiger partial charge in [-0.05, 0) is 32.0 Å². The van der Waals surface area contributed by atoms with Crippen molar-refractivity contribution in [3.8, 4) is 0 Å². The quantitative estimate of drug-likeness (QED) is 0.893. The maximum Gasteiger partial charge on any atom is 0.110 e. The Kier molecular flexibility index (Phi) is 3.77. The summed E-state index contributed by atoms with van der Waals surface area (Å²) < 4.78 is 2.05. The third-order valence-electron chi connectivity index (χ3n) is 3.24. The first-order valence-electron chi connectivity index (χ1n) is 6.18. The van der Waals surface area contributed by atoms with E-state index in [-0.39, 0.29) is 6.04 Å². The van der Waals surface area contributed by atoms with Crippen LogP contribution in [0.2, 0.25) is 0 Å². The summed E-state index contributed by atoms with van der Waals surface area (Å²) in [4.78, 5) is 8.93. The van der Waals surface area contributed by atoms with Crippen LogP contribution in [0.3, 0.4) is 0 Å². The number of aryl methyl sites for hydroxylation is 3. The molecule has 0 aliphatic carbocycles. The van der Waals surface area contributed by atoms with Crippen LogP contribution in [0, 0.1) is 13.8 Å². The molecule has 0 aliphatic rings. The fraction of sp³-hybridized carbons (Fsp3) is 0.429. The molecular weight excluding hydrogens is 224 g/mol. The number of hydrogen-bond donors (Lipinski definition) is 1. The smallest absolute Gasteiger partial charge is 0.110 e. The van der Waals surface area contributed by atoms with E-state index in [2.05, 4.69) is 35.2 Å². The van der Waals surface area contributed by atoms with Crippen molar-refractivity contribution in [1.29, 1.82) is 0 Å². The Hall–Kier alpha value is -1.68. The van der Waals surface area contributed by atoms with Crippen LogP contribution in [0.15, 0.2) is 24.7 Å². The van der Waals surface area contributed by atoms with E-state index in [1.165, 1.54) is 11.1 Å². The van der Waals surface area contributed by atoms with E-state index in [0.717, 1.165) is 17.9 Å². The zero-order chi connectivity index (χ0) is 13.1. The van der Waals surface area contributed by atoms with Crippen molar-refractivity contribution in [2.75, 3.05) is 7.05 Å². The number of aromatic nitrogens is 3. The summed E-state index contributed by atoms with van der Waals surface area (Å²) in [5.74, 6) is 1.07. The van der Waals surface area contributed by atoms with E-state index in [1.54, 1.807) is 0 Å². The number of nitrogens with zero attached hydrogens (tertiary/aromatic N) is 3. The Balaban J connectivity index is 2.26.